The van der Waals surface area contributed by atoms with Crippen LogP contribution < -0.4 is 5.73 Å². The number of phenols is 1. The number of benzene rings is 1. The molecule has 0 aliphatic rings. The minimum absolute atomic E-state index is 0. The van der Waals surface area contributed by atoms with Crippen molar-refractivity contribution in [3.05, 3.63) is 28.0 Å². The van der Waals surface area contributed by atoms with Crippen LogP contribution in [0.3, 0.4) is 0 Å². The molecule has 0 fully saturated rings. The largest absolute Gasteiger partial charge is 0.506 e. The van der Waals surface area contributed by atoms with E-state index in [4.69, 9.17) is 5.73 Å². The third kappa shape index (κ3) is 2.59. The highest BCUT2D eigenvalue weighted by atomic mass is 79.9. The Morgan fingerprint density at radius 3 is 2.64 bits per heavy atom. The van der Waals surface area contributed by atoms with Gasteiger partial charge >= 0.3 is 0 Å². The van der Waals surface area contributed by atoms with Crippen LogP contribution in [0.15, 0.2) is 16.6 Å². The van der Waals surface area contributed by atoms with Crippen LogP contribution in [0, 0.1) is 5.82 Å². The monoisotopic (exact) mass is 283 g/mol. The standard InChI is InChI=1S/C9H11BrFNO.ClH/c1-2-7(12)5-3-4-6(11)8(10)9(5)13;/h3-4,7,13H,2,12H2,1H3;1H/t7-;/m0./s1. The summed E-state index contributed by atoms with van der Waals surface area (Å²) in [5, 5.41) is 9.51. The average molecular weight is 285 g/mol. The minimum Gasteiger partial charge on any atom is -0.506 e. The first-order valence-electron chi connectivity index (χ1n) is 4.00. The van der Waals surface area contributed by atoms with Crippen molar-refractivity contribution in [3.8, 4) is 5.75 Å². The van der Waals surface area contributed by atoms with Gasteiger partial charge in [-0.15, -0.1) is 12.4 Å². The Bertz CT molecular complexity index is 322. The van der Waals surface area contributed by atoms with Gasteiger partial charge in [0.25, 0.3) is 0 Å². The van der Waals surface area contributed by atoms with E-state index >= 15 is 0 Å². The van der Waals surface area contributed by atoms with Crippen molar-refractivity contribution in [3.63, 3.8) is 0 Å². The van der Waals surface area contributed by atoms with Crippen molar-refractivity contribution in [2.75, 3.05) is 0 Å². The van der Waals surface area contributed by atoms with Crippen LogP contribution in [-0.2, 0) is 0 Å². The Labute approximate surface area is 96.8 Å². The third-order valence-electron chi connectivity index (χ3n) is 1.94. The number of hydrogen-bond acceptors (Lipinski definition) is 2. The number of rotatable bonds is 2. The van der Waals surface area contributed by atoms with E-state index in [0.717, 1.165) is 0 Å². The molecule has 1 aromatic carbocycles. The summed E-state index contributed by atoms with van der Waals surface area (Å²) in [6.07, 6.45) is 0.700. The van der Waals surface area contributed by atoms with Crippen LogP contribution in [0.4, 0.5) is 4.39 Å². The first-order chi connectivity index (χ1) is 6.07. The van der Waals surface area contributed by atoms with Crippen molar-refractivity contribution in [1.29, 1.82) is 0 Å². The van der Waals surface area contributed by atoms with E-state index in [-0.39, 0.29) is 28.7 Å². The Kier molecular flexibility index (Phi) is 5.41. The van der Waals surface area contributed by atoms with Gasteiger partial charge in [0.15, 0.2) is 0 Å². The lowest BCUT2D eigenvalue weighted by atomic mass is 10.0. The van der Waals surface area contributed by atoms with Gasteiger partial charge in [0.05, 0.1) is 4.47 Å². The summed E-state index contributed by atoms with van der Waals surface area (Å²) in [6.45, 7) is 1.90. The number of nitrogens with two attached hydrogens (primary N) is 1. The van der Waals surface area contributed by atoms with Crippen LogP contribution in [0.2, 0.25) is 0 Å². The molecule has 0 saturated carbocycles. The fourth-order valence-corrected chi connectivity index (χ4v) is 1.44. The molecule has 0 heterocycles. The predicted octanol–water partition coefficient (Wildman–Crippen LogP) is 3.13. The SMILES string of the molecule is CC[C@H](N)c1ccc(F)c(Br)c1O.Cl. The summed E-state index contributed by atoms with van der Waals surface area (Å²) in [5.74, 6) is -0.584. The molecule has 0 saturated heterocycles. The second-order valence-electron chi connectivity index (χ2n) is 2.81. The van der Waals surface area contributed by atoms with Gasteiger partial charge in [-0.25, -0.2) is 4.39 Å². The molecule has 0 bridgehead atoms. The van der Waals surface area contributed by atoms with E-state index in [0.29, 0.717) is 12.0 Å². The van der Waals surface area contributed by atoms with Crippen LogP contribution in [-0.4, -0.2) is 5.11 Å². The topological polar surface area (TPSA) is 46.2 Å². The molecule has 0 aliphatic carbocycles. The van der Waals surface area contributed by atoms with Crippen LogP contribution in [0.25, 0.3) is 0 Å². The summed E-state index contributed by atoms with van der Waals surface area (Å²) < 4.78 is 13.0. The lowest BCUT2D eigenvalue weighted by molar-refractivity contribution is 0.449. The highest BCUT2D eigenvalue weighted by Gasteiger charge is 2.14. The zero-order valence-corrected chi connectivity index (χ0v) is 10.0. The zero-order valence-electron chi connectivity index (χ0n) is 7.63. The van der Waals surface area contributed by atoms with Crippen LogP contribution in [0.5, 0.6) is 5.75 Å². The molecule has 14 heavy (non-hydrogen) atoms. The van der Waals surface area contributed by atoms with E-state index < -0.39 is 5.82 Å². The van der Waals surface area contributed by atoms with E-state index in [9.17, 15) is 9.50 Å². The second-order valence-corrected chi connectivity index (χ2v) is 3.61. The smallest absolute Gasteiger partial charge is 0.141 e. The van der Waals surface area contributed by atoms with E-state index in [1.54, 1.807) is 0 Å². The quantitative estimate of drug-likeness (QED) is 0.876. The highest BCUT2D eigenvalue weighted by molar-refractivity contribution is 9.10. The second kappa shape index (κ2) is 5.53. The maximum atomic E-state index is 12.9. The molecular formula is C9H12BrClFNO. The predicted molar refractivity (Wildman–Crippen MR) is 60.2 cm³/mol. The van der Waals surface area contributed by atoms with Crippen molar-refractivity contribution in [1.82, 2.24) is 0 Å². The number of aromatic hydroxyl groups is 1. The molecule has 5 heteroatoms. The minimum atomic E-state index is -0.482. The average Bonchev–Trinajstić information content (AvgIpc) is 2.13. The number of phenolic OH excluding ortho intramolecular Hbond substituents is 1. The van der Waals surface area contributed by atoms with Crippen LogP contribution >= 0.6 is 28.3 Å². The van der Waals surface area contributed by atoms with Crippen LogP contribution in [0.1, 0.15) is 24.9 Å². The van der Waals surface area contributed by atoms with Gasteiger partial charge in [-0.2, -0.15) is 0 Å². The van der Waals surface area contributed by atoms with Crippen molar-refractivity contribution >= 4 is 28.3 Å². The van der Waals surface area contributed by atoms with E-state index in [2.05, 4.69) is 15.9 Å². The van der Waals surface area contributed by atoms with Gasteiger partial charge in [0.1, 0.15) is 11.6 Å². The van der Waals surface area contributed by atoms with E-state index in [1.165, 1.54) is 12.1 Å². The van der Waals surface area contributed by atoms with Crippen molar-refractivity contribution < 1.29 is 9.50 Å². The van der Waals surface area contributed by atoms with Crippen molar-refractivity contribution in [2.24, 2.45) is 5.73 Å². The Hall–Kier alpha value is -0.320. The fraction of sp³-hybridized carbons (Fsp3) is 0.333. The lowest BCUT2D eigenvalue weighted by Gasteiger charge is -2.12. The third-order valence-corrected chi connectivity index (χ3v) is 2.69. The molecule has 2 nitrogen and oxygen atoms in total. The fourth-order valence-electron chi connectivity index (χ4n) is 1.07. The molecule has 1 atom stereocenters. The first-order valence-corrected chi connectivity index (χ1v) is 4.79. The molecular weight excluding hydrogens is 272 g/mol. The summed E-state index contributed by atoms with van der Waals surface area (Å²) in [5.41, 5.74) is 6.28. The maximum absolute atomic E-state index is 12.9. The molecule has 0 unspecified atom stereocenters. The van der Waals surface area contributed by atoms with Gasteiger partial charge < -0.3 is 10.8 Å². The van der Waals surface area contributed by atoms with Gasteiger partial charge in [-0.05, 0) is 28.4 Å². The Balaban J connectivity index is 0.00000169. The molecule has 0 aliphatic heterocycles. The zero-order chi connectivity index (χ0) is 10.0. The lowest BCUT2D eigenvalue weighted by Crippen LogP contribution is -2.09. The summed E-state index contributed by atoms with van der Waals surface area (Å²) in [4.78, 5) is 0. The highest BCUT2D eigenvalue weighted by Crippen LogP contribution is 2.33. The Morgan fingerprint density at radius 2 is 2.14 bits per heavy atom. The molecule has 0 aromatic heterocycles. The molecule has 3 N–H and O–H groups in total. The molecule has 0 radical (unpaired) electrons. The van der Waals surface area contributed by atoms with Gasteiger partial charge in [-0.1, -0.05) is 13.0 Å². The molecule has 1 aromatic rings. The molecule has 80 valence electrons. The van der Waals surface area contributed by atoms with E-state index in [1.807, 2.05) is 6.92 Å². The number of halogens is 3. The molecule has 0 spiro atoms. The molecule has 0 amide bonds. The summed E-state index contributed by atoms with van der Waals surface area (Å²) in [6, 6.07) is 2.54. The summed E-state index contributed by atoms with van der Waals surface area (Å²) >= 11 is 2.95. The maximum Gasteiger partial charge on any atom is 0.141 e. The van der Waals surface area contributed by atoms with Gasteiger partial charge in [-0.3, -0.25) is 0 Å². The number of hydrogen-bond donors (Lipinski definition) is 2. The normalized spacial score (nSPS) is 12.0. The van der Waals surface area contributed by atoms with Gasteiger partial charge in [0, 0.05) is 11.6 Å². The summed E-state index contributed by atoms with van der Waals surface area (Å²) in [7, 11) is 0. The molecule has 1 rings (SSSR count). The Morgan fingerprint density at radius 1 is 1.57 bits per heavy atom. The van der Waals surface area contributed by atoms with Crippen molar-refractivity contribution in [2.45, 2.75) is 19.4 Å². The van der Waals surface area contributed by atoms with Gasteiger partial charge in [0.2, 0.25) is 0 Å². The first kappa shape index (κ1) is 13.7.